The highest BCUT2D eigenvalue weighted by Crippen LogP contribution is 2.65. The Morgan fingerprint density at radius 1 is 1.15 bits per heavy atom. The number of ether oxygens (including phenoxy) is 2. The van der Waals surface area contributed by atoms with E-state index in [1.165, 1.54) is 18.0 Å². The van der Waals surface area contributed by atoms with Crippen molar-refractivity contribution in [2.75, 3.05) is 7.11 Å². The fraction of sp³-hybridized carbons (Fsp3) is 0.543. The van der Waals surface area contributed by atoms with Crippen LogP contribution in [0.1, 0.15) is 76.0 Å². The van der Waals surface area contributed by atoms with E-state index >= 15 is 0 Å². The van der Waals surface area contributed by atoms with Crippen molar-refractivity contribution in [3.05, 3.63) is 75.6 Å². The number of sulfonamides is 1. The third-order valence-corrected chi connectivity index (χ3v) is 12.1. The number of nitrogens with one attached hydrogen (secondary N) is 2. The second-order valence-electron chi connectivity index (χ2n) is 15.7. The van der Waals surface area contributed by atoms with Gasteiger partial charge in [-0.3, -0.25) is 14.9 Å². The monoisotopic (exact) mass is 752 g/mol. The lowest BCUT2D eigenvalue weighted by atomic mass is 9.43. The summed E-state index contributed by atoms with van der Waals surface area (Å²) in [5, 5.41) is 22.0. The fourth-order valence-electron chi connectivity index (χ4n) is 7.90. The number of rotatable bonds is 13. The quantitative estimate of drug-likeness (QED) is 0.111. The van der Waals surface area contributed by atoms with E-state index in [2.05, 4.69) is 41.1 Å². The van der Waals surface area contributed by atoms with E-state index in [9.17, 15) is 28.1 Å². The number of benzene rings is 2. The number of hydrogen-bond acceptors (Lipinski definition) is 12. The second-order valence-corrected chi connectivity index (χ2v) is 17.5. The first-order valence-corrected chi connectivity index (χ1v) is 18.9. The molecule has 3 aliphatic carbocycles. The number of amides is 1. The van der Waals surface area contributed by atoms with Crippen LogP contribution in [0.2, 0.25) is 0 Å². The van der Waals surface area contributed by atoms with Gasteiger partial charge in [0.2, 0.25) is 15.9 Å². The Morgan fingerprint density at radius 3 is 2.51 bits per heavy atom. The first kappa shape index (κ1) is 38.3. The summed E-state index contributed by atoms with van der Waals surface area (Å²) < 4.78 is 53.9. The minimum atomic E-state index is -4.01. The number of aromatic nitrogens is 3. The average Bonchev–Trinajstić information content (AvgIpc) is 3.69. The van der Waals surface area contributed by atoms with Crippen LogP contribution in [0.5, 0.6) is 5.75 Å². The molecule has 284 valence electrons. The average molecular weight is 753 g/mol. The molecule has 2 heterocycles. The molecular formula is C35H45BN6O10S. The summed E-state index contributed by atoms with van der Waals surface area (Å²) in [4.78, 5) is 36.9. The zero-order valence-electron chi connectivity index (χ0n) is 30.8. The van der Waals surface area contributed by atoms with Crippen LogP contribution in [0, 0.1) is 27.4 Å². The van der Waals surface area contributed by atoms with Crippen LogP contribution >= 0.6 is 0 Å². The van der Waals surface area contributed by atoms with E-state index in [1.54, 1.807) is 32.9 Å². The molecule has 3 saturated carbocycles. The highest BCUT2D eigenvalue weighted by Gasteiger charge is 2.68. The lowest BCUT2D eigenvalue weighted by Crippen LogP contribution is -2.65. The molecule has 2 bridgehead atoms. The second kappa shape index (κ2) is 14.1. The van der Waals surface area contributed by atoms with Crippen LogP contribution in [0.15, 0.2) is 53.6 Å². The van der Waals surface area contributed by atoms with Crippen LogP contribution in [-0.4, -0.2) is 77.7 Å². The lowest BCUT2D eigenvalue weighted by Gasteiger charge is -2.64. The Hall–Kier alpha value is -4.39. The molecule has 1 aromatic heterocycles. The number of nitrogens with zero attached hydrogens (tertiary/aromatic N) is 4. The molecule has 53 heavy (non-hydrogen) atoms. The van der Waals surface area contributed by atoms with Gasteiger partial charge < -0.3 is 24.1 Å². The number of non-ortho nitro benzene ring substituents is 1. The maximum atomic E-state index is 13.6. The Kier molecular flexibility index (Phi) is 10.2. The summed E-state index contributed by atoms with van der Waals surface area (Å²) >= 11 is 0. The van der Waals surface area contributed by atoms with Crippen LogP contribution in [-0.2, 0) is 48.4 Å². The zero-order chi connectivity index (χ0) is 38.5. The summed E-state index contributed by atoms with van der Waals surface area (Å²) in [6.45, 7) is 11.5. The number of esters is 1. The molecule has 5 atom stereocenters. The molecule has 4 fully saturated rings. The molecule has 16 nitrogen and oxygen atoms in total. The van der Waals surface area contributed by atoms with Crippen molar-refractivity contribution in [2.24, 2.45) is 17.3 Å². The van der Waals surface area contributed by atoms with E-state index in [-0.39, 0.29) is 58.8 Å². The van der Waals surface area contributed by atoms with Gasteiger partial charge in [0.1, 0.15) is 23.5 Å². The zero-order valence-corrected chi connectivity index (χ0v) is 31.6. The molecule has 2 aromatic carbocycles. The number of nitro groups is 1. The number of nitro benzene ring substituents is 1. The molecule has 3 aromatic rings. The van der Waals surface area contributed by atoms with Gasteiger partial charge in [-0.05, 0) is 88.0 Å². The third-order valence-electron chi connectivity index (χ3n) is 10.7. The third kappa shape index (κ3) is 7.81. The minimum Gasteiger partial charge on any atom is -0.496 e. The normalized spacial score (nSPS) is 23.8. The van der Waals surface area contributed by atoms with Gasteiger partial charge in [-0.15, -0.1) is 5.10 Å². The van der Waals surface area contributed by atoms with Crippen LogP contribution in [0.25, 0.3) is 0 Å². The van der Waals surface area contributed by atoms with Crippen molar-refractivity contribution < 1.29 is 41.7 Å². The SMILES string of the molecule is COc1c(C[C@H](NC(=O)Cn2cc(CNS(=O)(=O)c3ccc([N+](=O)[O-])cc3)nn2)B2O[C@@H]3C[C@@H]4C[C@@H](C4(C)C)[C@]3(C)O2)cccc1C(=O)OC(C)(C)C. The molecule has 0 spiro atoms. The van der Waals surface area contributed by atoms with Gasteiger partial charge in [0.25, 0.3) is 5.69 Å². The van der Waals surface area contributed by atoms with Crippen molar-refractivity contribution in [3.8, 4) is 5.75 Å². The van der Waals surface area contributed by atoms with E-state index in [1.807, 2.05) is 6.07 Å². The van der Waals surface area contributed by atoms with E-state index in [0.29, 0.717) is 17.2 Å². The lowest BCUT2D eigenvalue weighted by molar-refractivity contribution is -0.384. The number of para-hydroxylation sites is 1. The highest BCUT2D eigenvalue weighted by atomic mass is 32.2. The number of hydrogen-bond donors (Lipinski definition) is 2. The van der Waals surface area contributed by atoms with E-state index in [0.717, 1.165) is 37.1 Å². The molecule has 0 unspecified atom stereocenters. The van der Waals surface area contributed by atoms with Gasteiger partial charge in [0.05, 0.1) is 53.0 Å². The first-order chi connectivity index (χ1) is 24.8. The topological polar surface area (TPSA) is 203 Å². The molecule has 7 rings (SSSR count). The molecule has 1 saturated heterocycles. The predicted molar refractivity (Wildman–Crippen MR) is 191 cm³/mol. The maximum absolute atomic E-state index is 13.6. The summed E-state index contributed by atoms with van der Waals surface area (Å²) in [6, 6.07) is 9.66. The van der Waals surface area contributed by atoms with Gasteiger partial charge in [0.15, 0.2) is 0 Å². The van der Waals surface area contributed by atoms with Crippen molar-refractivity contribution in [1.29, 1.82) is 0 Å². The van der Waals surface area contributed by atoms with E-state index < -0.39 is 51.1 Å². The standard InChI is InChI=1S/C35H45BN6O10S/c1-33(2,3)50-32(44)26-10-8-9-21(31(26)49-7)15-29(36-51-28-17-22-16-27(34(22,4)5)35(28,6)52-36)38-30(43)20-41-19-23(39-40-41)18-37-53(47,48)25-13-11-24(12-14-25)42(45)46/h8-14,19,22,27-29,37H,15-18,20H2,1-7H3,(H,38,43)/t22-,27-,28+,29-,35-/m0/s1. The van der Waals surface area contributed by atoms with Crippen molar-refractivity contribution in [1.82, 2.24) is 25.0 Å². The summed E-state index contributed by atoms with van der Waals surface area (Å²) in [5.74, 6) is -0.546. The van der Waals surface area contributed by atoms with Crippen molar-refractivity contribution in [3.63, 3.8) is 0 Å². The molecule has 2 N–H and O–H groups in total. The van der Waals surface area contributed by atoms with Crippen molar-refractivity contribution in [2.45, 2.75) is 102 Å². The van der Waals surface area contributed by atoms with Gasteiger partial charge in [-0.2, -0.15) is 0 Å². The molecular weight excluding hydrogens is 707 g/mol. The van der Waals surface area contributed by atoms with Crippen LogP contribution < -0.4 is 14.8 Å². The highest BCUT2D eigenvalue weighted by molar-refractivity contribution is 7.89. The molecule has 0 radical (unpaired) electrons. The fourth-order valence-corrected chi connectivity index (χ4v) is 8.90. The molecule has 1 amide bonds. The maximum Gasteiger partial charge on any atom is 0.482 e. The molecule has 18 heteroatoms. The van der Waals surface area contributed by atoms with E-state index in [4.69, 9.17) is 18.8 Å². The Balaban J connectivity index is 1.18. The van der Waals surface area contributed by atoms with Crippen molar-refractivity contribution >= 4 is 34.7 Å². The number of methoxy groups -OCH3 is 1. The van der Waals surface area contributed by atoms with Gasteiger partial charge >= 0.3 is 13.1 Å². The Morgan fingerprint density at radius 2 is 1.87 bits per heavy atom. The summed E-state index contributed by atoms with van der Waals surface area (Å²) in [5.41, 5.74) is -0.268. The van der Waals surface area contributed by atoms with Crippen LogP contribution in [0.3, 0.4) is 0 Å². The van der Waals surface area contributed by atoms with Gasteiger partial charge in [-0.25, -0.2) is 22.6 Å². The number of carbonyl (C=O) groups excluding carboxylic acids is 2. The number of carbonyl (C=O) groups is 2. The summed E-state index contributed by atoms with van der Waals surface area (Å²) in [7, 11) is -3.34. The van der Waals surface area contributed by atoms with Gasteiger partial charge in [-0.1, -0.05) is 31.2 Å². The molecule has 4 aliphatic rings. The first-order valence-electron chi connectivity index (χ1n) is 17.5. The smallest absolute Gasteiger partial charge is 0.482 e. The minimum absolute atomic E-state index is 0.105. The largest absolute Gasteiger partial charge is 0.496 e. The Bertz CT molecular complexity index is 2000. The van der Waals surface area contributed by atoms with Crippen LogP contribution in [0.4, 0.5) is 5.69 Å². The molecule has 1 aliphatic heterocycles. The van der Waals surface area contributed by atoms with Gasteiger partial charge in [0, 0.05) is 12.1 Å². The summed E-state index contributed by atoms with van der Waals surface area (Å²) in [6.07, 6.45) is 3.39. The predicted octanol–water partition coefficient (Wildman–Crippen LogP) is 3.62. The Labute approximate surface area is 308 Å².